The van der Waals surface area contributed by atoms with E-state index < -0.39 is 5.97 Å². The van der Waals surface area contributed by atoms with Crippen molar-refractivity contribution in [1.82, 2.24) is 5.32 Å². The Morgan fingerprint density at radius 2 is 2.23 bits per heavy atom. The fraction of sp³-hybridized carbons (Fsp3) is 0.467. The van der Waals surface area contributed by atoms with Crippen LogP contribution in [0.4, 0.5) is 5.69 Å². The molecule has 0 spiro atoms. The molecule has 2 rings (SSSR count). The maximum absolute atomic E-state index is 12.1. The lowest BCUT2D eigenvalue weighted by atomic mass is 9.99. The number of hydrogen-bond acceptors (Lipinski definition) is 5. The van der Waals surface area contributed by atoms with Crippen molar-refractivity contribution < 1.29 is 19.1 Å². The Morgan fingerprint density at radius 3 is 2.91 bits per heavy atom. The second-order valence-corrected chi connectivity index (χ2v) is 4.93. The highest BCUT2D eigenvalue weighted by molar-refractivity contribution is 5.92. The smallest absolute Gasteiger partial charge is 0.343 e. The molecule has 1 atom stereocenters. The number of esters is 1. The Labute approximate surface area is 136 Å². The van der Waals surface area contributed by atoms with Crippen molar-refractivity contribution in [3.8, 4) is 5.75 Å². The van der Waals surface area contributed by atoms with Crippen LogP contribution in [0, 0.1) is 5.92 Å². The van der Waals surface area contributed by atoms with Crippen molar-refractivity contribution in [2.45, 2.75) is 12.8 Å². The highest BCUT2D eigenvalue weighted by Crippen LogP contribution is 2.19. The van der Waals surface area contributed by atoms with Gasteiger partial charge >= 0.3 is 5.97 Å². The average molecular weight is 329 g/mol. The van der Waals surface area contributed by atoms with Crippen molar-refractivity contribution in [3.63, 3.8) is 0 Å². The van der Waals surface area contributed by atoms with Crippen LogP contribution in [-0.4, -0.2) is 38.7 Å². The number of piperidine rings is 1. The highest BCUT2D eigenvalue weighted by atomic mass is 35.5. The summed E-state index contributed by atoms with van der Waals surface area (Å²) in [5.74, 6) is 0.0726. The number of nitrogens with one attached hydrogen (secondary N) is 2. The summed E-state index contributed by atoms with van der Waals surface area (Å²) in [5, 5.41) is 6.09. The molecular formula is C15H21ClN2O4. The third-order valence-electron chi connectivity index (χ3n) is 3.35. The van der Waals surface area contributed by atoms with E-state index in [4.69, 9.17) is 4.74 Å². The predicted octanol–water partition coefficient (Wildman–Crippen LogP) is 1.60. The van der Waals surface area contributed by atoms with E-state index in [9.17, 15) is 9.59 Å². The molecule has 0 aromatic heterocycles. The van der Waals surface area contributed by atoms with Gasteiger partial charge in [0.25, 0.3) is 0 Å². The van der Waals surface area contributed by atoms with Gasteiger partial charge in [-0.3, -0.25) is 4.79 Å². The molecule has 0 bridgehead atoms. The summed E-state index contributed by atoms with van der Waals surface area (Å²) in [5.41, 5.74) is 0.660. The summed E-state index contributed by atoms with van der Waals surface area (Å²) < 4.78 is 9.79. The third kappa shape index (κ3) is 5.54. The van der Waals surface area contributed by atoms with Gasteiger partial charge in [0.1, 0.15) is 5.75 Å². The van der Waals surface area contributed by atoms with Gasteiger partial charge in [0, 0.05) is 18.3 Å². The summed E-state index contributed by atoms with van der Waals surface area (Å²) in [6.45, 7) is 1.53. The van der Waals surface area contributed by atoms with Crippen LogP contribution >= 0.6 is 12.4 Å². The Bertz CT molecular complexity index is 504. The molecule has 22 heavy (non-hydrogen) atoms. The molecule has 0 aliphatic carbocycles. The fourth-order valence-corrected chi connectivity index (χ4v) is 2.18. The number of halogens is 1. The molecular weight excluding hydrogens is 308 g/mol. The van der Waals surface area contributed by atoms with Crippen LogP contribution < -0.4 is 15.4 Å². The molecule has 2 N–H and O–H groups in total. The molecule has 1 heterocycles. The van der Waals surface area contributed by atoms with E-state index in [1.807, 2.05) is 0 Å². The zero-order valence-corrected chi connectivity index (χ0v) is 13.3. The zero-order chi connectivity index (χ0) is 15.1. The standard InChI is InChI=1S/C15H20N2O4.ClH/c1-20-14(18)10-21-13-6-2-5-12(8-13)17-15(19)11-4-3-7-16-9-11;/h2,5-6,8,11,16H,3-4,7,9-10H2,1H3,(H,17,19);1H. The molecule has 1 amide bonds. The topological polar surface area (TPSA) is 76.7 Å². The first-order chi connectivity index (χ1) is 10.2. The minimum absolute atomic E-state index is 0. The number of anilines is 1. The van der Waals surface area contributed by atoms with Crippen LogP contribution in [0.2, 0.25) is 0 Å². The monoisotopic (exact) mass is 328 g/mol. The SMILES string of the molecule is COC(=O)COc1cccc(NC(=O)C2CCCNC2)c1.Cl. The maximum atomic E-state index is 12.1. The van der Waals surface area contributed by atoms with Gasteiger partial charge in [-0.2, -0.15) is 0 Å². The average Bonchev–Trinajstić information content (AvgIpc) is 2.53. The molecule has 1 aliphatic heterocycles. The van der Waals surface area contributed by atoms with Gasteiger partial charge in [-0.1, -0.05) is 6.07 Å². The van der Waals surface area contributed by atoms with E-state index in [-0.39, 0.29) is 30.8 Å². The van der Waals surface area contributed by atoms with Crippen LogP contribution in [0.3, 0.4) is 0 Å². The number of rotatable bonds is 5. The molecule has 1 aromatic rings. The number of benzene rings is 1. The van der Waals surface area contributed by atoms with Crippen molar-refractivity contribution >= 4 is 30.0 Å². The molecule has 122 valence electrons. The Hall–Kier alpha value is -1.79. The minimum atomic E-state index is -0.447. The second-order valence-electron chi connectivity index (χ2n) is 4.93. The summed E-state index contributed by atoms with van der Waals surface area (Å²) in [6, 6.07) is 6.97. The van der Waals surface area contributed by atoms with Crippen molar-refractivity contribution in [1.29, 1.82) is 0 Å². The van der Waals surface area contributed by atoms with Gasteiger partial charge in [-0.25, -0.2) is 4.79 Å². The van der Waals surface area contributed by atoms with E-state index in [0.29, 0.717) is 18.0 Å². The third-order valence-corrected chi connectivity index (χ3v) is 3.35. The summed E-state index contributed by atoms with van der Waals surface area (Å²) in [6.07, 6.45) is 1.91. The summed E-state index contributed by atoms with van der Waals surface area (Å²) in [7, 11) is 1.31. The van der Waals surface area contributed by atoms with Gasteiger partial charge in [0.05, 0.1) is 13.0 Å². The number of methoxy groups -OCH3 is 1. The second kappa shape index (κ2) is 9.27. The number of hydrogen-bond donors (Lipinski definition) is 2. The zero-order valence-electron chi connectivity index (χ0n) is 12.5. The molecule has 1 aliphatic rings. The molecule has 0 radical (unpaired) electrons. The fourth-order valence-electron chi connectivity index (χ4n) is 2.18. The van der Waals surface area contributed by atoms with E-state index in [2.05, 4.69) is 15.4 Å². The van der Waals surface area contributed by atoms with Gasteiger partial charge in [0.2, 0.25) is 5.91 Å². The Morgan fingerprint density at radius 1 is 1.41 bits per heavy atom. The van der Waals surface area contributed by atoms with Crippen LogP contribution in [-0.2, 0) is 14.3 Å². The van der Waals surface area contributed by atoms with Crippen LogP contribution in [0.15, 0.2) is 24.3 Å². The molecule has 1 aromatic carbocycles. The van der Waals surface area contributed by atoms with E-state index >= 15 is 0 Å². The number of amides is 1. The van der Waals surface area contributed by atoms with Gasteiger partial charge in [-0.15, -0.1) is 12.4 Å². The first kappa shape index (κ1) is 18.3. The molecule has 7 heteroatoms. The maximum Gasteiger partial charge on any atom is 0.343 e. The van der Waals surface area contributed by atoms with Gasteiger partial charge in [-0.05, 0) is 31.5 Å². The van der Waals surface area contributed by atoms with Crippen molar-refractivity contribution in [2.24, 2.45) is 5.92 Å². The van der Waals surface area contributed by atoms with Crippen molar-refractivity contribution in [3.05, 3.63) is 24.3 Å². The van der Waals surface area contributed by atoms with E-state index in [1.54, 1.807) is 24.3 Å². The number of carbonyl (C=O) groups excluding carboxylic acids is 2. The summed E-state index contributed by atoms with van der Waals surface area (Å²) >= 11 is 0. The number of ether oxygens (including phenoxy) is 2. The summed E-state index contributed by atoms with van der Waals surface area (Å²) in [4.78, 5) is 23.2. The Balaban J connectivity index is 0.00000242. The van der Waals surface area contributed by atoms with Gasteiger partial charge in [0.15, 0.2) is 6.61 Å². The largest absolute Gasteiger partial charge is 0.482 e. The highest BCUT2D eigenvalue weighted by Gasteiger charge is 2.20. The molecule has 0 saturated carbocycles. The normalized spacial score (nSPS) is 17.0. The Kier molecular flexibility index (Phi) is 7.70. The number of carbonyl (C=O) groups is 2. The van der Waals surface area contributed by atoms with Crippen molar-refractivity contribution in [2.75, 3.05) is 32.1 Å². The lowest BCUT2D eigenvalue weighted by Crippen LogP contribution is -2.37. The van der Waals surface area contributed by atoms with Crippen LogP contribution in [0.1, 0.15) is 12.8 Å². The van der Waals surface area contributed by atoms with Crippen LogP contribution in [0.25, 0.3) is 0 Å². The molecule has 6 nitrogen and oxygen atoms in total. The first-order valence-electron chi connectivity index (χ1n) is 7.00. The van der Waals surface area contributed by atoms with E-state index in [0.717, 1.165) is 19.4 Å². The predicted molar refractivity (Wildman–Crippen MR) is 85.4 cm³/mol. The lowest BCUT2D eigenvalue weighted by Gasteiger charge is -2.22. The van der Waals surface area contributed by atoms with E-state index in [1.165, 1.54) is 7.11 Å². The molecule has 1 saturated heterocycles. The molecule has 1 fully saturated rings. The first-order valence-corrected chi connectivity index (χ1v) is 7.00. The van der Waals surface area contributed by atoms with Crippen LogP contribution in [0.5, 0.6) is 5.75 Å². The van der Waals surface area contributed by atoms with Gasteiger partial charge < -0.3 is 20.1 Å². The molecule has 1 unspecified atom stereocenters. The lowest BCUT2D eigenvalue weighted by molar-refractivity contribution is -0.142. The minimum Gasteiger partial charge on any atom is -0.482 e. The quantitative estimate of drug-likeness (QED) is 0.803.